The third kappa shape index (κ3) is 2.28. The molecule has 0 aliphatic carbocycles. The van der Waals surface area contributed by atoms with Crippen LogP contribution in [0.2, 0.25) is 5.15 Å². The molecular formula is C11H10ClN3O3. The highest BCUT2D eigenvalue weighted by molar-refractivity contribution is 6.30. The van der Waals surface area contributed by atoms with Crippen LogP contribution in [0.5, 0.6) is 0 Å². The van der Waals surface area contributed by atoms with Crippen LogP contribution in [0.4, 0.5) is 5.82 Å². The number of anilines is 1. The fourth-order valence-corrected chi connectivity index (χ4v) is 1.79. The third-order valence-electron chi connectivity index (χ3n) is 2.44. The molecule has 2 aromatic heterocycles. The number of nitrogens with one attached hydrogen (secondary N) is 1. The first-order valence-corrected chi connectivity index (χ1v) is 5.48. The van der Waals surface area contributed by atoms with Crippen molar-refractivity contribution in [2.75, 3.05) is 12.4 Å². The van der Waals surface area contributed by atoms with Crippen LogP contribution in [0.3, 0.4) is 0 Å². The molecule has 0 spiro atoms. The Labute approximate surface area is 108 Å². The van der Waals surface area contributed by atoms with Crippen LogP contribution in [0.15, 0.2) is 23.1 Å². The van der Waals surface area contributed by atoms with Crippen molar-refractivity contribution in [3.63, 3.8) is 0 Å². The predicted molar refractivity (Wildman–Crippen MR) is 65.1 cm³/mol. The fourth-order valence-electron chi connectivity index (χ4n) is 1.59. The van der Waals surface area contributed by atoms with Crippen molar-refractivity contribution in [2.24, 2.45) is 0 Å². The van der Waals surface area contributed by atoms with E-state index in [1.807, 2.05) is 0 Å². The molecular weight excluding hydrogens is 258 g/mol. The van der Waals surface area contributed by atoms with Crippen molar-refractivity contribution in [1.82, 2.24) is 9.97 Å². The van der Waals surface area contributed by atoms with Gasteiger partial charge in [-0.25, -0.2) is 14.8 Å². The van der Waals surface area contributed by atoms with Gasteiger partial charge in [0, 0.05) is 19.0 Å². The van der Waals surface area contributed by atoms with Gasteiger partial charge in [-0.15, -0.1) is 0 Å². The van der Waals surface area contributed by atoms with Crippen LogP contribution in [0.25, 0.3) is 0 Å². The lowest BCUT2D eigenvalue weighted by atomic mass is 10.1. The Balaban J connectivity index is 2.40. The number of aromatic carboxylic acids is 1. The van der Waals surface area contributed by atoms with Gasteiger partial charge in [0.05, 0.1) is 6.26 Å². The van der Waals surface area contributed by atoms with Crippen molar-refractivity contribution < 1.29 is 14.3 Å². The summed E-state index contributed by atoms with van der Waals surface area (Å²) >= 11 is 5.98. The molecule has 2 N–H and O–H groups in total. The number of hydrogen-bond acceptors (Lipinski definition) is 5. The minimum Gasteiger partial charge on any atom is -0.478 e. The van der Waals surface area contributed by atoms with Gasteiger partial charge in [-0.05, 0) is 6.07 Å². The molecule has 0 bridgehead atoms. The standard InChI is InChI=1S/C11H10ClN3O3/c1-13-10-7(9(12)14-5-15-10)4-8-6(11(16)17)2-3-18-8/h2-3,5H,4H2,1H3,(H,16,17)(H,13,14,15). The Kier molecular flexibility index (Phi) is 3.47. The van der Waals surface area contributed by atoms with Crippen molar-refractivity contribution in [2.45, 2.75) is 6.42 Å². The zero-order chi connectivity index (χ0) is 13.1. The molecule has 0 aliphatic heterocycles. The molecule has 0 aromatic carbocycles. The Hall–Kier alpha value is -2.08. The second-order valence-electron chi connectivity index (χ2n) is 3.48. The Bertz CT molecular complexity index is 583. The highest BCUT2D eigenvalue weighted by Crippen LogP contribution is 2.24. The van der Waals surface area contributed by atoms with E-state index >= 15 is 0 Å². The van der Waals surface area contributed by atoms with E-state index in [1.54, 1.807) is 7.05 Å². The minimum atomic E-state index is -1.04. The summed E-state index contributed by atoms with van der Waals surface area (Å²) < 4.78 is 5.16. The Morgan fingerprint density at radius 3 is 3.00 bits per heavy atom. The molecule has 0 amide bonds. The summed E-state index contributed by atoms with van der Waals surface area (Å²) in [7, 11) is 1.70. The molecule has 0 atom stereocenters. The van der Waals surface area contributed by atoms with Crippen LogP contribution in [0, 0.1) is 0 Å². The first-order valence-electron chi connectivity index (χ1n) is 5.10. The predicted octanol–water partition coefficient (Wildman–Crippen LogP) is 2.05. The van der Waals surface area contributed by atoms with Gasteiger partial charge in [0.1, 0.15) is 28.6 Å². The zero-order valence-electron chi connectivity index (χ0n) is 9.48. The molecule has 18 heavy (non-hydrogen) atoms. The summed E-state index contributed by atoms with van der Waals surface area (Å²) in [6.45, 7) is 0. The zero-order valence-corrected chi connectivity index (χ0v) is 10.2. The summed E-state index contributed by atoms with van der Waals surface area (Å²) in [4.78, 5) is 18.9. The van der Waals surface area contributed by atoms with Crippen LogP contribution < -0.4 is 5.32 Å². The monoisotopic (exact) mass is 267 g/mol. The van der Waals surface area contributed by atoms with E-state index in [-0.39, 0.29) is 17.1 Å². The number of halogens is 1. The second kappa shape index (κ2) is 5.05. The van der Waals surface area contributed by atoms with E-state index in [1.165, 1.54) is 18.7 Å². The van der Waals surface area contributed by atoms with E-state index in [2.05, 4.69) is 15.3 Å². The molecule has 2 rings (SSSR count). The van der Waals surface area contributed by atoms with Gasteiger partial charge in [-0.1, -0.05) is 11.6 Å². The maximum atomic E-state index is 11.0. The van der Waals surface area contributed by atoms with E-state index in [9.17, 15) is 4.79 Å². The largest absolute Gasteiger partial charge is 0.478 e. The quantitative estimate of drug-likeness (QED) is 0.824. The second-order valence-corrected chi connectivity index (χ2v) is 3.84. The summed E-state index contributed by atoms with van der Waals surface area (Å²) in [6.07, 6.45) is 2.87. The SMILES string of the molecule is CNc1ncnc(Cl)c1Cc1occc1C(=O)O. The van der Waals surface area contributed by atoms with E-state index < -0.39 is 5.97 Å². The number of aromatic nitrogens is 2. The molecule has 0 unspecified atom stereocenters. The number of carbonyl (C=O) groups is 1. The first kappa shape index (κ1) is 12.4. The van der Waals surface area contributed by atoms with E-state index in [0.717, 1.165) is 0 Å². The lowest BCUT2D eigenvalue weighted by Gasteiger charge is -2.08. The summed E-state index contributed by atoms with van der Waals surface area (Å²) in [6, 6.07) is 1.40. The van der Waals surface area contributed by atoms with Crippen LogP contribution in [-0.2, 0) is 6.42 Å². The van der Waals surface area contributed by atoms with Crippen molar-refractivity contribution in [3.05, 3.63) is 40.7 Å². The van der Waals surface area contributed by atoms with Crippen molar-refractivity contribution in [3.8, 4) is 0 Å². The van der Waals surface area contributed by atoms with Gasteiger partial charge in [0.2, 0.25) is 0 Å². The molecule has 6 nitrogen and oxygen atoms in total. The highest BCUT2D eigenvalue weighted by Gasteiger charge is 2.17. The van der Waals surface area contributed by atoms with Crippen LogP contribution >= 0.6 is 11.6 Å². The summed E-state index contributed by atoms with van der Waals surface area (Å²) in [5.41, 5.74) is 0.705. The number of rotatable bonds is 4. The van der Waals surface area contributed by atoms with Gasteiger partial charge in [-0.2, -0.15) is 0 Å². The van der Waals surface area contributed by atoms with Crippen molar-refractivity contribution in [1.29, 1.82) is 0 Å². The summed E-state index contributed by atoms with van der Waals surface area (Å²) in [5, 5.41) is 12.1. The molecule has 0 saturated heterocycles. The maximum Gasteiger partial charge on any atom is 0.339 e. The Morgan fingerprint density at radius 2 is 2.33 bits per heavy atom. The number of hydrogen-bond donors (Lipinski definition) is 2. The molecule has 2 heterocycles. The number of carboxylic acids is 1. The molecule has 0 saturated carbocycles. The molecule has 2 aromatic rings. The van der Waals surface area contributed by atoms with Gasteiger partial charge >= 0.3 is 5.97 Å². The molecule has 0 fully saturated rings. The smallest absolute Gasteiger partial charge is 0.339 e. The van der Waals surface area contributed by atoms with Crippen LogP contribution in [-0.4, -0.2) is 28.1 Å². The lowest BCUT2D eigenvalue weighted by molar-refractivity contribution is 0.0694. The van der Waals surface area contributed by atoms with Crippen LogP contribution in [0.1, 0.15) is 21.7 Å². The van der Waals surface area contributed by atoms with Gasteiger partial charge in [0.25, 0.3) is 0 Å². The first-order chi connectivity index (χ1) is 8.63. The average molecular weight is 268 g/mol. The molecule has 94 valence electrons. The average Bonchev–Trinajstić information content (AvgIpc) is 2.80. The van der Waals surface area contributed by atoms with Crippen molar-refractivity contribution >= 4 is 23.4 Å². The number of carboxylic acid groups (broad SMARTS) is 1. The number of nitrogens with zero attached hydrogens (tertiary/aromatic N) is 2. The molecule has 0 aliphatic rings. The Morgan fingerprint density at radius 1 is 1.56 bits per heavy atom. The highest BCUT2D eigenvalue weighted by atomic mass is 35.5. The fraction of sp³-hybridized carbons (Fsp3) is 0.182. The van der Waals surface area contributed by atoms with E-state index in [4.69, 9.17) is 21.1 Å². The van der Waals surface area contributed by atoms with E-state index in [0.29, 0.717) is 17.1 Å². The number of furan rings is 1. The minimum absolute atomic E-state index is 0.108. The molecule has 7 heteroatoms. The maximum absolute atomic E-state index is 11.0. The topological polar surface area (TPSA) is 88.3 Å². The van der Waals surface area contributed by atoms with Gasteiger partial charge < -0.3 is 14.8 Å². The normalized spacial score (nSPS) is 10.3. The third-order valence-corrected chi connectivity index (χ3v) is 2.77. The molecule has 0 radical (unpaired) electrons. The van der Waals surface area contributed by atoms with Gasteiger partial charge in [0.15, 0.2) is 0 Å². The van der Waals surface area contributed by atoms with Gasteiger partial charge in [-0.3, -0.25) is 0 Å². The lowest BCUT2D eigenvalue weighted by Crippen LogP contribution is -2.04. The summed E-state index contributed by atoms with van der Waals surface area (Å²) in [5.74, 6) is -0.184.